The molecule has 0 saturated heterocycles. The van der Waals surface area contributed by atoms with Crippen LogP contribution in [0.25, 0.3) is 0 Å². The Balaban J connectivity index is 1.85. The summed E-state index contributed by atoms with van der Waals surface area (Å²) < 4.78 is 0. The zero-order chi connectivity index (χ0) is 16.3. The van der Waals surface area contributed by atoms with E-state index in [0.717, 1.165) is 6.42 Å². The predicted molar refractivity (Wildman–Crippen MR) is 89.9 cm³/mol. The molecule has 1 aromatic carbocycles. The fourth-order valence-corrected chi connectivity index (χ4v) is 2.83. The van der Waals surface area contributed by atoms with Crippen molar-refractivity contribution in [1.29, 1.82) is 0 Å². The number of nitrogens with one attached hydrogen (secondary N) is 1. The van der Waals surface area contributed by atoms with Gasteiger partial charge >= 0.3 is 0 Å². The molecule has 0 spiro atoms. The van der Waals surface area contributed by atoms with Crippen molar-refractivity contribution in [2.24, 2.45) is 11.3 Å². The number of hydrogen-bond donors (Lipinski definition) is 2. The maximum absolute atomic E-state index is 12.2. The van der Waals surface area contributed by atoms with E-state index in [1.165, 1.54) is 11.1 Å². The molecule has 3 heteroatoms. The average Bonchev–Trinajstić information content (AvgIpc) is 3.25. The van der Waals surface area contributed by atoms with E-state index in [4.69, 9.17) is 5.11 Å². The van der Waals surface area contributed by atoms with Crippen LogP contribution >= 0.6 is 0 Å². The number of benzene rings is 1. The Hall–Kier alpha value is -1.35. The summed E-state index contributed by atoms with van der Waals surface area (Å²) in [6, 6.07) is 8.70. The first-order valence-corrected chi connectivity index (χ1v) is 8.32. The van der Waals surface area contributed by atoms with Crippen molar-refractivity contribution < 1.29 is 9.90 Å². The van der Waals surface area contributed by atoms with Crippen molar-refractivity contribution in [3.8, 4) is 0 Å². The topological polar surface area (TPSA) is 49.3 Å². The third-order valence-electron chi connectivity index (χ3n) is 4.69. The lowest BCUT2D eigenvalue weighted by Gasteiger charge is -2.23. The zero-order valence-corrected chi connectivity index (χ0v) is 14.2. The summed E-state index contributed by atoms with van der Waals surface area (Å²) in [6.07, 6.45) is 1.66. The second-order valence-electron chi connectivity index (χ2n) is 7.63. The van der Waals surface area contributed by atoms with Crippen LogP contribution in [0.4, 0.5) is 0 Å². The molecular formula is C19H29NO2. The molecule has 0 aromatic heterocycles. The minimum Gasteiger partial charge on any atom is -0.396 e. The Bertz CT molecular complexity index is 505. The normalized spacial score (nSPS) is 21.0. The molecule has 0 aliphatic heterocycles. The molecule has 3 nitrogen and oxygen atoms in total. The van der Waals surface area contributed by atoms with Crippen LogP contribution in [0.3, 0.4) is 0 Å². The number of rotatable bonds is 7. The van der Waals surface area contributed by atoms with Gasteiger partial charge in [-0.3, -0.25) is 4.79 Å². The van der Waals surface area contributed by atoms with Crippen molar-refractivity contribution in [3.63, 3.8) is 0 Å². The summed E-state index contributed by atoms with van der Waals surface area (Å²) in [6.45, 7) is 9.31. The number of carbonyl (C=O) groups is 1. The first kappa shape index (κ1) is 17.0. The molecule has 2 atom stereocenters. The fraction of sp³-hybridized carbons (Fsp3) is 0.632. The molecule has 2 N–H and O–H groups in total. The Morgan fingerprint density at radius 3 is 2.50 bits per heavy atom. The highest BCUT2D eigenvalue weighted by atomic mass is 16.3. The maximum atomic E-state index is 12.2. The van der Waals surface area contributed by atoms with Crippen molar-refractivity contribution >= 4 is 5.91 Å². The van der Waals surface area contributed by atoms with E-state index < -0.39 is 0 Å². The molecule has 1 fully saturated rings. The molecule has 0 heterocycles. The lowest BCUT2D eigenvalue weighted by atomic mass is 9.89. The lowest BCUT2D eigenvalue weighted by molar-refractivity contribution is -0.122. The van der Waals surface area contributed by atoms with E-state index in [-0.39, 0.29) is 23.8 Å². The van der Waals surface area contributed by atoms with Crippen LogP contribution in [0.2, 0.25) is 0 Å². The van der Waals surface area contributed by atoms with Gasteiger partial charge in [-0.15, -0.1) is 0 Å². The molecule has 1 aliphatic rings. The average molecular weight is 303 g/mol. The van der Waals surface area contributed by atoms with Gasteiger partial charge in [0.1, 0.15) is 0 Å². The molecule has 0 radical (unpaired) electrons. The van der Waals surface area contributed by atoms with Gasteiger partial charge in [0.2, 0.25) is 5.91 Å². The van der Waals surface area contributed by atoms with Crippen LogP contribution in [0.1, 0.15) is 63.5 Å². The number of carbonyl (C=O) groups excluding carboxylic acids is 1. The summed E-state index contributed by atoms with van der Waals surface area (Å²) in [5.41, 5.74) is 2.57. The highest BCUT2D eigenvalue weighted by Gasteiger charge is 2.44. The Morgan fingerprint density at radius 2 is 1.95 bits per heavy atom. The van der Waals surface area contributed by atoms with Gasteiger partial charge < -0.3 is 10.4 Å². The molecular weight excluding hydrogens is 274 g/mol. The summed E-state index contributed by atoms with van der Waals surface area (Å²) in [7, 11) is 0. The van der Waals surface area contributed by atoms with E-state index in [1.807, 2.05) is 0 Å². The zero-order valence-electron chi connectivity index (χ0n) is 14.2. The smallest absolute Gasteiger partial charge is 0.223 e. The summed E-state index contributed by atoms with van der Waals surface area (Å²) in [5, 5.41) is 12.1. The molecule has 2 unspecified atom stereocenters. The first-order valence-electron chi connectivity index (χ1n) is 8.32. The van der Waals surface area contributed by atoms with Gasteiger partial charge in [-0.25, -0.2) is 0 Å². The second kappa shape index (κ2) is 6.82. The molecule has 2 rings (SSSR count). The minimum absolute atomic E-state index is 0.0479. The van der Waals surface area contributed by atoms with Crippen molar-refractivity contribution in [3.05, 3.63) is 35.4 Å². The number of hydrogen-bond acceptors (Lipinski definition) is 2. The number of amides is 1. The molecule has 22 heavy (non-hydrogen) atoms. The van der Waals surface area contributed by atoms with Crippen LogP contribution in [-0.4, -0.2) is 24.2 Å². The van der Waals surface area contributed by atoms with E-state index in [2.05, 4.69) is 57.3 Å². The molecule has 0 bridgehead atoms. The van der Waals surface area contributed by atoms with Gasteiger partial charge in [0.25, 0.3) is 0 Å². The van der Waals surface area contributed by atoms with E-state index >= 15 is 0 Å². The van der Waals surface area contributed by atoms with Crippen LogP contribution < -0.4 is 5.32 Å². The molecule has 1 aliphatic carbocycles. The van der Waals surface area contributed by atoms with Crippen LogP contribution in [0, 0.1) is 11.3 Å². The number of aliphatic hydroxyl groups excluding tert-OH is 1. The van der Waals surface area contributed by atoms with Crippen LogP contribution in [-0.2, 0) is 4.79 Å². The molecule has 1 saturated carbocycles. The van der Waals surface area contributed by atoms with Crippen LogP contribution in [0.5, 0.6) is 0 Å². The molecule has 1 amide bonds. The Kier molecular flexibility index (Phi) is 5.28. The van der Waals surface area contributed by atoms with Gasteiger partial charge in [-0.1, -0.05) is 52.0 Å². The van der Waals surface area contributed by atoms with Crippen molar-refractivity contribution in [2.45, 2.75) is 52.4 Å². The van der Waals surface area contributed by atoms with E-state index in [0.29, 0.717) is 24.8 Å². The predicted octanol–water partition coefficient (Wildman–Crippen LogP) is 3.44. The van der Waals surface area contributed by atoms with Gasteiger partial charge in [0, 0.05) is 19.1 Å². The molecule has 122 valence electrons. The van der Waals surface area contributed by atoms with E-state index in [9.17, 15) is 4.79 Å². The minimum atomic E-state index is -0.0479. The maximum Gasteiger partial charge on any atom is 0.223 e. The summed E-state index contributed by atoms with van der Waals surface area (Å²) >= 11 is 0. The van der Waals surface area contributed by atoms with Gasteiger partial charge in [-0.2, -0.15) is 0 Å². The quantitative estimate of drug-likeness (QED) is 0.810. The second-order valence-corrected chi connectivity index (χ2v) is 7.63. The first-order chi connectivity index (χ1) is 10.3. The van der Waals surface area contributed by atoms with Crippen molar-refractivity contribution in [1.82, 2.24) is 5.32 Å². The summed E-state index contributed by atoms with van der Waals surface area (Å²) in [4.78, 5) is 12.2. The SMILES string of the molecule is CC(C)c1ccc(C2CC2C(=O)NCC(C)(C)CCO)cc1. The lowest BCUT2D eigenvalue weighted by Crippen LogP contribution is -2.35. The monoisotopic (exact) mass is 303 g/mol. The Morgan fingerprint density at radius 1 is 1.32 bits per heavy atom. The van der Waals surface area contributed by atoms with Gasteiger partial charge in [0.05, 0.1) is 0 Å². The summed E-state index contributed by atoms with van der Waals surface area (Å²) in [5.74, 6) is 1.20. The third kappa shape index (κ3) is 4.33. The van der Waals surface area contributed by atoms with Gasteiger partial charge in [-0.05, 0) is 41.2 Å². The van der Waals surface area contributed by atoms with Crippen LogP contribution in [0.15, 0.2) is 24.3 Å². The van der Waals surface area contributed by atoms with Crippen molar-refractivity contribution in [2.75, 3.05) is 13.2 Å². The Labute approximate surface area is 134 Å². The fourth-order valence-electron chi connectivity index (χ4n) is 2.83. The largest absolute Gasteiger partial charge is 0.396 e. The van der Waals surface area contributed by atoms with Gasteiger partial charge in [0.15, 0.2) is 0 Å². The highest BCUT2D eigenvalue weighted by Crippen LogP contribution is 2.47. The van der Waals surface area contributed by atoms with E-state index in [1.54, 1.807) is 0 Å². The third-order valence-corrected chi connectivity index (χ3v) is 4.69. The molecule has 1 aromatic rings. The number of aliphatic hydroxyl groups is 1. The standard InChI is InChI=1S/C19H29NO2/c1-13(2)14-5-7-15(8-6-14)16-11-17(16)18(22)20-12-19(3,4)9-10-21/h5-8,13,16-17,21H,9-12H2,1-4H3,(H,20,22). The highest BCUT2D eigenvalue weighted by molar-refractivity contribution is 5.82.